The number of hydrogen-bond acceptors (Lipinski definition) is 5. The maximum atomic E-state index is 14.0. The molecule has 0 amide bonds. The Labute approximate surface area is 183 Å². The van der Waals surface area contributed by atoms with Gasteiger partial charge in [-0.15, -0.1) is 0 Å². The fourth-order valence-corrected chi connectivity index (χ4v) is 3.17. The van der Waals surface area contributed by atoms with Crippen molar-refractivity contribution in [2.24, 2.45) is 4.99 Å². The first-order valence-corrected chi connectivity index (χ1v) is 9.74. The van der Waals surface area contributed by atoms with Crippen LogP contribution < -0.4 is 9.47 Å². The number of esters is 1. The van der Waals surface area contributed by atoms with Gasteiger partial charge in [-0.25, -0.2) is 14.2 Å². The van der Waals surface area contributed by atoms with Gasteiger partial charge in [0.05, 0.1) is 12.7 Å². The SMILES string of the molecule is COc1cc(/C=C2\N=C(c3ccccc3F)OC2=O)ccc1OCc1ccccc1Cl. The van der Waals surface area contributed by atoms with Gasteiger partial charge in [-0.3, -0.25) is 0 Å². The summed E-state index contributed by atoms with van der Waals surface area (Å²) >= 11 is 6.17. The molecular formula is C24H17ClFNO4. The van der Waals surface area contributed by atoms with Crippen LogP contribution >= 0.6 is 11.6 Å². The minimum atomic E-state index is -0.656. The number of carbonyl (C=O) groups is 1. The number of ether oxygens (including phenoxy) is 3. The van der Waals surface area contributed by atoms with Crippen LogP contribution in [0.2, 0.25) is 5.02 Å². The molecule has 4 rings (SSSR count). The van der Waals surface area contributed by atoms with Crippen LogP contribution in [0.25, 0.3) is 6.08 Å². The van der Waals surface area contributed by atoms with Crippen LogP contribution in [0, 0.1) is 5.82 Å². The first-order chi connectivity index (χ1) is 15.0. The van der Waals surface area contributed by atoms with E-state index in [-0.39, 0.29) is 23.8 Å². The van der Waals surface area contributed by atoms with Gasteiger partial charge in [0.25, 0.3) is 0 Å². The van der Waals surface area contributed by atoms with E-state index < -0.39 is 11.8 Å². The van der Waals surface area contributed by atoms with E-state index in [0.29, 0.717) is 22.1 Å². The van der Waals surface area contributed by atoms with Gasteiger partial charge in [0.1, 0.15) is 12.4 Å². The van der Waals surface area contributed by atoms with E-state index in [2.05, 4.69) is 4.99 Å². The Kier molecular flexibility index (Phi) is 6.00. The van der Waals surface area contributed by atoms with Crippen LogP contribution in [0.15, 0.2) is 77.4 Å². The monoisotopic (exact) mass is 437 g/mol. The lowest BCUT2D eigenvalue weighted by Crippen LogP contribution is -2.07. The predicted molar refractivity (Wildman–Crippen MR) is 116 cm³/mol. The fraction of sp³-hybridized carbons (Fsp3) is 0.0833. The molecule has 3 aromatic carbocycles. The summed E-state index contributed by atoms with van der Waals surface area (Å²) in [6.45, 7) is 0.277. The van der Waals surface area contributed by atoms with E-state index in [1.807, 2.05) is 18.2 Å². The van der Waals surface area contributed by atoms with Crippen molar-refractivity contribution in [2.45, 2.75) is 6.61 Å². The predicted octanol–water partition coefficient (Wildman–Crippen LogP) is 5.41. The van der Waals surface area contributed by atoms with Crippen LogP contribution in [0.5, 0.6) is 11.5 Å². The third-order valence-corrected chi connectivity index (χ3v) is 4.93. The van der Waals surface area contributed by atoms with E-state index in [0.717, 1.165) is 5.56 Å². The molecule has 0 N–H and O–H groups in total. The van der Waals surface area contributed by atoms with Crippen LogP contribution in [-0.2, 0) is 16.1 Å². The summed E-state index contributed by atoms with van der Waals surface area (Å²) in [6, 6.07) is 18.6. The van der Waals surface area contributed by atoms with Crippen LogP contribution in [-0.4, -0.2) is 19.0 Å². The minimum absolute atomic E-state index is 0.0602. The van der Waals surface area contributed by atoms with E-state index in [1.54, 1.807) is 36.4 Å². The second kappa shape index (κ2) is 9.02. The van der Waals surface area contributed by atoms with Crippen molar-refractivity contribution in [1.82, 2.24) is 0 Å². The largest absolute Gasteiger partial charge is 0.493 e. The van der Waals surface area contributed by atoms with Gasteiger partial charge in [-0.1, -0.05) is 48.0 Å². The summed E-state index contributed by atoms with van der Waals surface area (Å²) in [6.07, 6.45) is 1.54. The summed E-state index contributed by atoms with van der Waals surface area (Å²) in [7, 11) is 1.52. The number of carbonyl (C=O) groups excluding carboxylic acids is 1. The lowest BCUT2D eigenvalue weighted by atomic mass is 10.1. The Bertz CT molecular complexity index is 1210. The molecule has 0 fully saturated rings. The Hall–Kier alpha value is -3.64. The molecule has 0 bridgehead atoms. The molecule has 0 saturated carbocycles. The molecule has 1 aliphatic rings. The number of benzene rings is 3. The highest BCUT2D eigenvalue weighted by Gasteiger charge is 2.26. The zero-order chi connectivity index (χ0) is 21.8. The normalized spacial score (nSPS) is 14.4. The van der Waals surface area contributed by atoms with Crippen molar-refractivity contribution in [1.29, 1.82) is 0 Å². The van der Waals surface area contributed by atoms with Gasteiger partial charge in [-0.2, -0.15) is 0 Å². The molecule has 0 unspecified atom stereocenters. The molecule has 0 radical (unpaired) electrons. The lowest BCUT2D eigenvalue weighted by molar-refractivity contribution is -0.129. The standard InChI is InChI=1S/C24H17ClFNO4/c1-29-22-13-15(10-11-21(22)30-14-16-6-2-4-8-18(16)25)12-20-24(28)31-23(27-20)17-7-3-5-9-19(17)26/h2-13H,14H2,1H3/b20-12-. The molecule has 7 heteroatoms. The Morgan fingerprint density at radius 1 is 1.06 bits per heavy atom. The van der Waals surface area contributed by atoms with Crippen LogP contribution in [0.4, 0.5) is 4.39 Å². The molecule has 0 atom stereocenters. The molecule has 0 aromatic heterocycles. The number of halogens is 2. The highest BCUT2D eigenvalue weighted by molar-refractivity contribution is 6.31. The minimum Gasteiger partial charge on any atom is -0.493 e. The quantitative estimate of drug-likeness (QED) is 0.382. The van der Waals surface area contributed by atoms with Crippen molar-refractivity contribution in [3.8, 4) is 11.5 Å². The Morgan fingerprint density at radius 3 is 2.61 bits per heavy atom. The summed E-state index contributed by atoms with van der Waals surface area (Å²) in [5.41, 5.74) is 1.68. The molecule has 5 nitrogen and oxygen atoms in total. The highest BCUT2D eigenvalue weighted by atomic mass is 35.5. The second-order valence-electron chi connectivity index (χ2n) is 6.61. The summed E-state index contributed by atoms with van der Waals surface area (Å²) in [5.74, 6) is -0.241. The van der Waals surface area contributed by atoms with Gasteiger partial charge >= 0.3 is 5.97 Å². The highest BCUT2D eigenvalue weighted by Crippen LogP contribution is 2.31. The van der Waals surface area contributed by atoms with Crippen molar-refractivity contribution in [3.63, 3.8) is 0 Å². The molecule has 0 saturated heterocycles. The number of rotatable bonds is 6. The molecule has 0 spiro atoms. The van der Waals surface area contributed by atoms with Gasteiger partial charge < -0.3 is 14.2 Å². The average molecular weight is 438 g/mol. The summed E-state index contributed by atoms with van der Waals surface area (Å²) < 4.78 is 30.3. The fourth-order valence-electron chi connectivity index (χ4n) is 2.98. The topological polar surface area (TPSA) is 57.1 Å². The summed E-state index contributed by atoms with van der Waals surface area (Å²) in [4.78, 5) is 16.3. The van der Waals surface area contributed by atoms with E-state index in [4.69, 9.17) is 25.8 Å². The van der Waals surface area contributed by atoms with Crippen LogP contribution in [0.3, 0.4) is 0 Å². The first kappa shape index (κ1) is 20.6. The zero-order valence-electron chi connectivity index (χ0n) is 16.5. The van der Waals surface area contributed by atoms with Crippen molar-refractivity contribution >= 4 is 29.5 Å². The molecule has 31 heavy (non-hydrogen) atoms. The van der Waals surface area contributed by atoms with Gasteiger partial charge in [0.15, 0.2) is 17.2 Å². The van der Waals surface area contributed by atoms with Crippen molar-refractivity contribution in [3.05, 3.63) is 100.0 Å². The molecule has 0 aliphatic carbocycles. The zero-order valence-corrected chi connectivity index (χ0v) is 17.2. The average Bonchev–Trinajstić information content (AvgIpc) is 3.13. The molecule has 156 valence electrons. The van der Waals surface area contributed by atoms with Crippen LogP contribution in [0.1, 0.15) is 16.7 Å². The molecule has 1 heterocycles. The van der Waals surface area contributed by atoms with Gasteiger partial charge in [-0.05, 0) is 42.0 Å². The number of hydrogen-bond donors (Lipinski definition) is 0. The van der Waals surface area contributed by atoms with Gasteiger partial charge in [0, 0.05) is 10.6 Å². The third kappa shape index (κ3) is 4.59. The smallest absolute Gasteiger partial charge is 0.363 e. The van der Waals surface area contributed by atoms with E-state index in [9.17, 15) is 9.18 Å². The molecule has 3 aromatic rings. The summed E-state index contributed by atoms with van der Waals surface area (Å²) in [5, 5.41) is 0.617. The molecule has 1 aliphatic heterocycles. The number of nitrogens with zero attached hydrogens (tertiary/aromatic N) is 1. The Balaban J connectivity index is 1.56. The maximum Gasteiger partial charge on any atom is 0.363 e. The van der Waals surface area contributed by atoms with E-state index in [1.165, 1.54) is 25.3 Å². The lowest BCUT2D eigenvalue weighted by Gasteiger charge is -2.12. The van der Waals surface area contributed by atoms with Gasteiger partial charge in [0.2, 0.25) is 5.90 Å². The number of methoxy groups -OCH3 is 1. The van der Waals surface area contributed by atoms with Crippen molar-refractivity contribution in [2.75, 3.05) is 7.11 Å². The third-order valence-electron chi connectivity index (χ3n) is 4.56. The number of aliphatic imine (C=N–C) groups is 1. The first-order valence-electron chi connectivity index (χ1n) is 9.37. The number of cyclic esters (lactones) is 1. The maximum absolute atomic E-state index is 14.0. The van der Waals surface area contributed by atoms with Crippen molar-refractivity contribution < 1.29 is 23.4 Å². The van der Waals surface area contributed by atoms with E-state index >= 15 is 0 Å². The second-order valence-corrected chi connectivity index (χ2v) is 7.01. The Morgan fingerprint density at radius 2 is 1.84 bits per heavy atom. The molecular weight excluding hydrogens is 421 g/mol.